The Hall–Kier alpha value is -1.47. The van der Waals surface area contributed by atoms with Crippen LogP contribution < -0.4 is 4.74 Å². The van der Waals surface area contributed by atoms with Gasteiger partial charge in [0, 0.05) is 12.2 Å². The molecule has 0 bridgehead atoms. The van der Waals surface area contributed by atoms with Gasteiger partial charge in [-0.1, -0.05) is 103 Å². The lowest BCUT2D eigenvalue weighted by atomic mass is 10.0. The van der Waals surface area contributed by atoms with Gasteiger partial charge in [-0.15, -0.1) is 0 Å². The molecule has 0 unspecified atom stereocenters. The first kappa shape index (κ1) is 35.6. The third kappa shape index (κ3) is 25.3. The molecule has 0 aliphatic rings. The van der Waals surface area contributed by atoms with Gasteiger partial charge in [0.05, 0.1) is 46.2 Å². The Kier molecular flexibility index (Phi) is 26.9. The molecule has 0 radical (unpaired) electrons. The van der Waals surface area contributed by atoms with Crippen molar-refractivity contribution in [1.29, 1.82) is 0 Å². The van der Waals surface area contributed by atoms with Crippen LogP contribution >= 0.6 is 0 Å². The highest BCUT2D eigenvalue weighted by molar-refractivity contribution is 5.74. The van der Waals surface area contributed by atoms with Gasteiger partial charge in [0.25, 0.3) is 0 Å². The number of rotatable bonds is 31. The van der Waals surface area contributed by atoms with E-state index in [9.17, 15) is 4.79 Å². The van der Waals surface area contributed by atoms with Gasteiger partial charge in [-0.2, -0.15) is 0 Å². The van der Waals surface area contributed by atoms with Crippen molar-refractivity contribution >= 4 is 6.29 Å². The van der Waals surface area contributed by atoms with E-state index in [0.717, 1.165) is 25.1 Å². The predicted molar refractivity (Wildman–Crippen MR) is 160 cm³/mol. The Labute approximate surface area is 239 Å². The molecule has 0 fully saturated rings. The summed E-state index contributed by atoms with van der Waals surface area (Å²) >= 11 is 0. The third-order valence-corrected chi connectivity index (χ3v) is 6.77. The van der Waals surface area contributed by atoms with E-state index in [0.29, 0.717) is 58.4 Å². The Balaban J connectivity index is 1.66. The topological polar surface area (TPSA) is 63.2 Å². The number of hydrogen-bond donors (Lipinski definition) is 0. The normalized spacial score (nSPS) is 11.2. The summed E-state index contributed by atoms with van der Waals surface area (Å²) in [6, 6.07) is 7.01. The van der Waals surface area contributed by atoms with E-state index in [1.807, 2.05) is 0 Å². The van der Waals surface area contributed by atoms with Crippen LogP contribution in [0.2, 0.25) is 0 Å². The van der Waals surface area contributed by atoms with E-state index in [1.165, 1.54) is 96.3 Å². The first-order chi connectivity index (χ1) is 19.4. The van der Waals surface area contributed by atoms with Gasteiger partial charge in [-0.05, 0) is 30.7 Å². The summed E-state index contributed by atoms with van der Waals surface area (Å²) in [4.78, 5) is 10.6. The molecule has 0 atom stereocenters. The Morgan fingerprint density at radius 1 is 0.462 bits per heavy atom. The van der Waals surface area contributed by atoms with Crippen molar-refractivity contribution in [1.82, 2.24) is 0 Å². The van der Waals surface area contributed by atoms with Crippen molar-refractivity contribution < 1.29 is 28.5 Å². The maximum atomic E-state index is 10.6. The van der Waals surface area contributed by atoms with Crippen LogP contribution in [-0.4, -0.2) is 65.7 Å². The second kappa shape index (κ2) is 29.5. The maximum absolute atomic E-state index is 10.6. The van der Waals surface area contributed by atoms with E-state index in [2.05, 4.69) is 6.92 Å². The van der Waals surface area contributed by atoms with Crippen molar-refractivity contribution in [2.24, 2.45) is 0 Å². The molecule has 0 aliphatic heterocycles. The molecule has 1 aromatic rings. The molecular weight excluding hydrogens is 492 g/mol. The van der Waals surface area contributed by atoms with Crippen LogP contribution in [-0.2, 0) is 18.9 Å². The molecule has 0 aromatic heterocycles. The lowest BCUT2D eigenvalue weighted by Gasteiger charge is -2.08. The first-order valence-corrected chi connectivity index (χ1v) is 15.9. The molecule has 6 nitrogen and oxygen atoms in total. The highest BCUT2D eigenvalue weighted by Crippen LogP contribution is 2.14. The average Bonchev–Trinajstić information content (AvgIpc) is 2.96. The zero-order chi connectivity index (χ0) is 27.9. The second-order valence-corrected chi connectivity index (χ2v) is 10.3. The third-order valence-electron chi connectivity index (χ3n) is 6.77. The van der Waals surface area contributed by atoms with Gasteiger partial charge in [0.1, 0.15) is 18.6 Å². The van der Waals surface area contributed by atoms with Crippen LogP contribution in [0.1, 0.15) is 120 Å². The summed E-state index contributed by atoms with van der Waals surface area (Å²) < 4.78 is 27.8. The van der Waals surface area contributed by atoms with Crippen LogP contribution in [0, 0.1) is 0 Å². The Morgan fingerprint density at radius 3 is 1.23 bits per heavy atom. The fourth-order valence-electron chi connectivity index (χ4n) is 4.38. The van der Waals surface area contributed by atoms with Crippen LogP contribution in [0.15, 0.2) is 24.3 Å². The molecule has 226 valence electrons. The standard InChI is InChI=1S/C33H58O6/c1-2-3-4-5-6-7-8-9-10-11-12-13-14-15-16-17-22-35-23-24-36-25-26-37-27-28-38-29-30-39-33-20-18-32(31-34)19-21-33/h18-21,31H,2-17,22-30H2,1H3. The lowest BCUT2D eigenvalue weighted by Crippen LogP contribution is -2.13. The highest BCUT2D eigenvalue weighted by atomic mass is 16.6. The summed E-state index contributed by atoms with van der Waals surface area (Å²) in [5.41, 5.74) is 0.637. The fourth-order valence-corrected chi connectivity index (χ4v) is 4.38. The van der Waals surface area contributed by atoms with Crippen molar-refractivity contribution in [2.75, 3.05) is 59.5 Å². The number of unbranched alkanes of at least 4 members (excludes halogenated alkanes) is 15. The number of ether oxygens (including phenoxy) is 5. The molecule has 1 rings (SSSR count). The molecule has 6 heteroatoms. The summed E-state index contributed by atoms with van der Waals surface area (Å²) in [6.07, 6.45) is 23.0. The van der Waals surface area contributed by atoms with Gasteiger partial charge in [-0.25, -0.2) is 0 Å². The summed E-state index contributed by atoms with van der Waals surface area (Å²) in [5.74, 6) is 0.728. The molecule has 0 aliphatic carbocycles. The van der Waals surface area contributed by atoms with Gasteiger partial charge < -0.3 is 23.7 Å². The second-order valence-electron chi connectivity index (χ2n) is 10.3. The van der Waals surface area contributed by atoms with Crippen molar-refractivity contribution in [3.8, 4) is 5.75 Å². The zero-order valence-corrected chi connectivity index (χ0v) is 25.0. The molecule has 0 saturated carbocycles. The van der Waals surface area contributed by atoms with Gasteiger partial charge in [0.2, 0.25) is 0 Å². The minimum Gasteiger partial charge on any atom is -0.491 e. The van der Waals surface area contributed by atoms with E-state index in [1.54, 1.807) is 24.3 Å². The van der Waals surface area contributed by atoms with Crippen LogP contribution in [0.4, 0.5) is 0 Å². The molecule has 1 aromatic carbocycles. The van der Waals surface area contributed by atoms with Crippen LogP contribution in [0.25, 0.3) is 0 Å². The van der Waals surface area contributed by atoms with Gasteiger partial charge in [0.15, 0.2) is 0 Å². The Morgan fingerprint density at radius 2 is 0.821 bits per heavy atom. The van der Waals surface area contributed by atoms with Crippen LogP contribution in [0.5, 0.6) is 5.75 Å². The van der Waals surface area contributed by atoms with Gasteiger partial charge in [-0.3, -0.25) is 4.79 Å². The first-order valence-electron chi connectivity index (χ1n) is 15.9. The predicted octanol–water partition coefficient (Wildman–Crippen LogP) is 8.21. The van der Waals surface area contributed by atoms with E-state index in [-0.39, 0.29) is 0 Å². The molecule has 0 spiro atoms. The van der Waals surface area contributed by atoms with Gasteiger partial charge >= 0.3 is 0 Å². The smallest absolute Gasteiger partial charge is 0.150 e. The molecule has 0 N–H and O–H groups in total. The van der Waals surface area contributed by atoms with Crippen LogP contribution in [0.3, 0.4) is 0 Å². The zero-order valence-electron chi connectivity index (χ0n) is 25.0. The minimum absolute atomic E-state index is 0.461. The minimum atomic E-state index is 0.461. The number of carbonyl (C=O) groups is 1. The van der Waals surface area contributed by atoms with E-state index >= 15 is 0 Å². The molecule has 39 heavy (non-hydrogen) atoms. The molecular formula is C33H58O6. The van der Waals surface area contributed by atoms with E-state index < -0.39 is 0 Å². The van der Waals surface area contributed by atoms with Crippen molar-refractivity contribution in [3.05, 3.63) is 29.8 Å². The average molecular weight is 551 g/mol. The number of carbonyl (C=O) groups excluding carboxylic acids is 1. The van der Waals surface area contributed by atoms with E-state index in [4.69, 9.17) is 23.7 Å². The fraction of sp³-hybridized carbons (Fsp3) is 0.788. The largest absolute Gasteiger partial charge is 0.491 e. The van der Waals surface area contributed by atoms with Crippen molar-refractivity contribution in [2.45, 2.75) is 110 Å². The summed E-state index contributed by atoms with van der Waals surface area (Å²) in [6.45, 7) is 7.53. The lowest BCUT2D eigenvalue weighted by molar-refractivity contribution is -0.00487. The monoisotopic (exact) mass is 550 g/mol. The number of benzene rings is 1. The molecule has 0 amide bonds. The molecule has 0 heterocycles. The highest BCUT2D eigenvalue weighted by Gasteiger charge is 1.97. The SMILES string of the molecule is CCCCCCCCCCCCCCCCCCOCCOCCOCCOCCOc1ccc(C=O)cc1. The summed E-state index contributed by atoms with van der Waals surface area (Å²) in [5, 5.41) is 0. The quantitative estimate of drug-likeness (QED) is 0.0686. The Bertz CT molecular complexity index is 621. The molecule has 0 saturated heterocycles. The number of aldehydes is 1. The van der Waals surface area contributed by atoms with Crippen molar-refractivity contribution in [3.63, 3.8) is 0 Å². The maximum Gasteiger partial charge on any atom is 0.150 e. The number of hydrogen-bond acceptors (Lipinski definition) is 6. The summed E-state index contributed by atoms with van der Waals surface area (Å²) in [7, 11) is 0.